The molecule has 20 heavy (non-hydrogen) atoms. The van der Waals surface area contributed by atoms with E-state index in [1.165, 1.54) is 0 Å². The largest absolute Gasteiger partial charge is 0.494 e. The number of amides is 1. The number of nitrogens with one attached hydrogen (secondary N) is 2. The fourth-order valence-corrected chi connectivity index (χ4v) is 1.95. The third-order valence-corrected chi connectivity index (χ3v) is 3.33. The highest BCUT2D eigenvalue weighted by Crippen LogP contribution is 2.16. The van der Waals surface area contributed by atoms with Crippen LogP contribution in [0.5, 0.6) is 5.75 Å². The van der Waals surface area contributed by atoms with Gasteiger partial charge in [0.05, 0.1) is 6.61 Å². The van der Waals surface area contributed by atoms with Crippen molar-refractivity contribution in [3.05, 3.63) is 28.7 Å². The van der Waals surface area contributed by atoms with Gasteiger partial charge in [-0.25, -0.2) is 0 Å². The fourth-order valence-electron chi connectivity index (χ4n) is 1.69. The molecule has 1 aromatic carbocycles. The molecule has 0 bridgehead atoms. The van der Waals surface area contributed by atoms with Gasteiger partial charge in [0.2, 0.25) is 5.91 Å². The van der Waals surface area contributed by atoms with Gasteiger partial charge in [-0.2, -0.15) is 0 Å². The predicted molar refractivity (Wildman–Crippen MR) is 85.0 cm³/mol. The first-order valence-corrected chi connectivity index (χ1v) is 7.81. The van der Waals surface area contributed by atoms with Crippen LogP contribution in [0.4, 0.5) is 0 Å². The van der Waals surface area contributed by atoms with Gasteiger partial charge in [-0.3, -0.25) is 4.79 Å². The number of carbonyl (C=O) groups excluding carboxylic acids is 1. The van der Waals surface area contributed by atoms with Crippen LogP contribution in [-0.2, 0) is 4.79 Å². The van der Waals surface area contributed by atoms with E-state index in [4.69, 9.17) is 4.74 Å². The van der Waals surface area contributed by atoms with Gasteiger partial charge in [0.1, 0.15) is 5.75 Å². The lowest BCUT2D eigenvalue weighted by atomic mass is 10.2. The zero-order valence-electron chi connectivity index (χ0n) is 12.0. The van der Waals surface area contributed by atoms with Crippen LogP contribution in [0.15, 0.2) is 28.7 Å². The van der Waals surface area contributed by atoms with E-state index in [9.17, 15) is 4.79 Å². The lowest BCUT2D eigenvalue weighted by Gasteiger charge is -2.07. The third kappa shape index (κ3) is 8.17. The summed E-state index contributed by atoms with van der Waals surface area (Å²) >= 11 is 3.38. The Hall–Kier alpha value is -1.07. The molecule has 0 fully saturated rings. The Bertz CT molecular complexity index is 382. The molecule has 0 aromatic heterocycles. The molecule has 1 aromatic rings. The summed E-state index contributed by atoms with van der Waals surface area (Å²) in [4.78, 5) is 11.5. The van der Waals surface area contributed by atoms with E-state index >= 15 is 0 Å². The van der Waals surface area contributed by atoms with Crippen LogP contribution >= 0.6 is 15.9 Å². The number of hydrogen-bond donors (Lipinski definition) is 2. The quantitative estimate of drug-likeness (QED) is 0.643. The van der Waals surface area contributed by atoms with Crippen LogP contribution in [0.3, 0.4) is 0 Å². The monoisotopic (exact) mass is 342 g/mol. The first-order valence-electron chi connectivity index (χ1n) is 7.02. The van der Waals surface area contributed by atoms with Crippen LogP contribution in [0.2, 0.25) is 0 Å². The van der Waals surface area contributed by atoms with Gasteiger partial charge in [-0.05, 0) is 57.1 Å². The van der Waals surface area contributed by atoms with Crippen molar-refractivity contribution >= 4 is 21.8 Å². The highest BCUT2D eigenvalue weighted by Gasteiger charge is 2.00. The Morgan fingerprint density at radius 3 is 2.60 bits per heavy atom. The normalized spacial score (nSPS) is 10.3. The van der Waals surface area contributed by atoms with Crippen molar-refractivity contribution in [3.8, 4) is 5.75 Å². The molecule has 112 valence electrons. The summed E-state index contributed by atoms with van der Waals surface area (Å²) in [6.07, 6.45) is 3.28. The zero-order chi connectivity index (χ0) is 14.6. The van der Waals surface area contributed by atoms with Crippen molar-refractivity contribution in [2.75, 3.05) is 26.7 Å². The van der Waals surface area contributed by atoms with E-state index < -0.39 is 0 Å². The fraction of sp³-hybridized carbons (Fsp3) is 0.533. The van der Waals surface area contributed by atoms with E-state index in [0.29, 0.717) is 13.0 Å². The number of benzene rings is 1. The Morgan fingerprint density at radius 1 is 1.15 bits per heavy atom. The molecule has 0 atom stereocenters. The lowest BCUT2D eigenvalue weighted by molar-refractivity contribution is -0.121. The van der Waals surface area contributed by atoms with Crippen LogP contribution in [-0.4, -0.2) is 32.7 Å². The van der Waals surface area contributed by atoms with Crippen molar-refractivity contribution in [3.63, 3.8) is 0 Å². The summed E-state index contributed by atoms with van der Waals surface area (Å²) in [5, 5.41) is 5.96. The molecule has 1 amide bonds. The summed E-state index contributed by atoms with van der Waals surface area (Å²) in [7, 11) is 1.91. The highest BCUT2D eigenvalue weighted by molar-refractivity contribution is 9.10. The van der Waals surface area contributed by atoms with Crippen molar-refractivity contribution in [2.45, 2.75) is 25.7 Å². The summed E-state index contributed by atoms with van der Waals surface area (Å²) in [6.45, 7) is 2.32. The van der Waals surface area contributed by atoms with Gasteiger partial charge in [0, 0.05) is 17.4 Å². The summed E-state index contributed by atoms with van der Waals surface area (Å²) < 4.78 is 6.64. The number of ether oxygens (including phenoxy) is 1. The van der Waals surface area contributed by atoms with Gasteiger partial charge in [0.15, 0.2) is 0 Å². The molecule has 0 radical (unpaired) electrons. The van der Waals surface area contributed by atoms with Gasteiger partial charge in [-0.15, -0.1) is 0 Å². The van der Waals surface area contributed by atoms with Gasteiger partial charge < -0.3 is 15.4 Å². The Labute approximate surface area is 129 Å². The van der Waals surface area contributed by atoms with Crippen LogP contribution in [0, 0.1) is 0 Å². The third-order valence-electron chi connectivity index (χ3n) is 2.81. The number of rotatable bonds is 10. The number of hydrogen-bond acceptors (Lipinski definition) is 3. The minimum Gasteiger partial charge on any atom is -0.494 e. The van der Waals surface area contributed by atoms with E-state index in [1.807, 2.05) is 31.3 Å². The second-order valence-electron chi connectivity index (χ2n) is 4.57. The Balaban J connectivity index is 1.98. The molecule has 0 aliphatic rings. The van der Waals surface area contributed by atoms with Crippen molar-refractivity contribution < 1.29 is 9.53 Å². The molecule has 0 unspecified atom stereocenters. The number of unbranched alkanes of at least 4 members (excludes halogenated alkanes) is 1. The molecule has 5 heteroatoms. The molecular weight excluding hydrogens is 320 g/mol. The van der Waals surface area contributed by atoms with Crippen LogP contribution in [0.25, 0.3) is 0 Å². The standard InChI is InChI=1S/C15H23BrN2O2/c1-17-10-4-11-18-15(19)5-2-3-12-20-14-8-6-13(16)7-9-14/h6-9,17H,2-5,10-12H2,1H3,(H,18,19). The van der Waals surface area contributed by atoms with Crippen LogP contribution in [0.1, 0.15) is 25.7 Å². The van der Waals surface area contributed by atoms with Crippen molar-refractivity contribution in [1.82, 2.24) is 10.6 Å². The lowest BCUT2D eigenvalue weighted by Crippen LogP contribution is -2.26. The highest BCUT2D eigenvalue weighted by atomic mass is 79.9. The molecule has 4 nitrogen and oxygen atoms in total. The maximum absolute atomic E-state index is 11.5. The van der Waals surface area contributed by atoms with Gasteiger partial charge in [-0.1, -0.05) is 15.9 Å². The molecular formula is C15H23BrN2O2. The number of halogens is 1. The number of carbonyl (C=O) groups is 1. The maximum Gasteiger partial charge on any atom is 0.219 e. The van der Waals surface area contributed by atoms with Crippen molar-refractivity contribution in [2.24, 2.45) is 0 Å². The zero-order valence-corrected chi connectivity index (χ0v) is 13.5. The molecule has 1 rings (SSSR count). The molecule has 0 heterocycles. The summed E-state index contributed by atoms with van der Waals surface area (Å²) in [6, 6.07) is 7.76. The van der Waals surface area contributed by atoms with E-state index in [1.54, 1.807) is 0 Å². The second-order valence-corrected chi connectivity index (χ2v) is 5.48. The van der Waals surface area contributed by atoms with E-state index in [-0.39, 0.29) is 5.91 Å². The van der Waals surface area contributed by atoms with E-state index in [0.717, 1.165) is 42.6 Å². The van der Waals surface area contributed by atoms with Crippen LogP contribution < -0.4 is 15.4 Å². The molecule has 0 aliphatic heterocycles. The minimum atomic E-state index is 0.129. The van der Waals surface area contributed by atoms with E-state index in [2.05, 4.69) is 26.6 Å². The molecule has 0 saturated heterocycles. The average Bonchev–Trinajstić information content (AvgIpc) is 2.45. The first kappa shape index (κ1) is 17.0. The van der Waals surface area contributed by atoms with Crippen molar-refractivity contribution in [1.29, 1.82) is 0 Å². The summed E-state index contributed by atoms with van der Waals surface area (Å²) in [5.41, 5.74) is 0. The topological polar surface area (TPSA) is 50.4 Å². The predicted octanol–water partition coefficient (Wildman–Crippen LogP) is 2.72. The van der Waals surface area contributed by atoms with Gasteiger partial charge >= 0.3 is 0 Å². The maximum atomic E-state index is 11.5. The molecule has 0 saturated carbocycles. The summed E-state index contributed by atoms with van der Waals surface area (Å²) in [5.74, 6) is 0.995. The smallest absolute Gasteiger partial charge is 0.219 e. The second kappa shape index (κ2) is 10.7. The molecule has 0 spiro atoms. The average molecular weight is 343 g/mol. The Morgan fingerprint density at radius 2 is 1.90 bits per heavy atom. The van der Waals surface area contributed by atoms with Gasteiger partial charge in [0.25, 0.3) is 0 Å². The molecule has 2 N–H and O–H groups in total. The first-order chi connectivity index (χ1) is 9.72. The minimum absolute atomic E-state index is 0.129. The Kier molecular flexibility index (Phi) is 9.07. The molecule has 0 aliphatic carbocycles. The SMILES string of the molecule is CNCCCNC(=O)CCCCOc1ccc(Br)cc1.